The highest BCUT2D eigenvalue weighted by Crippen LogP contribution is 2.32. The number of H-pyrrole nitrogens is 2. The van der Waals surface area contributed by atoms with Crippen molar-refractivity contribution >= 4 is 28.3 Å². The number of nitrogens with one attached hydrogen (secondary N) is 3. The number of anilines is 2. The summed E-state index contributed by atoms with van der Waals surface area (Å²) in [6.45, 7) is 0. The smallest absolute Gasteiger partial charge is 0.323 e. The fourth-order valence-electron chi connectivity index (χ4n) is 3.39. The Morgan fingerprint density at radius 3 is 2.58 bits per heavy atom. The highest BCUT2D eigenvalue weighted by Gasteiger charge is 2.12. The molecule has 5 aromatic rings. The third-order valence-corrected chi connectivity index (χ3v) is 4.84. The minimum absolute atomic E-state index is 0. The number of fused-ring (bicyclic) bond motifs is 2. The SMILES string of the molecule is C.COc1ccc(-c2cc3nccn3c(Nc3ccc4[nH]c(=O)[nH]c4c3)n2)cc1OC. The van der Waals surface area contributed by atoms with Crippen molar-refractivity contribution in [2.45, 2.75) is 7.43 Å². The van der Waals surface area contributed by atoms with E-state index in [0.717, 1.165) is 28.1 Å². The molecule has 0 aliphatic carbocycles. The maximum absolute atomic E-state index is 11.5. The molecular weight excluding hydrogens is 396 g/mol. The second-order valence-electron chi connectivity index (χ2n) is 6.65. The fraction of sp³-hybridized carbons (Fsp3) is 0.136. The van der Waals surface area contributed by atoms with E-state index in [1.165, 1.54) is 0 Å². The van der Waals surface area contributed by atoms with Gasteiger partial charge in [0.05, 0.1) is 30.9 Å². The van der Waals surface area contributed by atoms with Gasteiger partial charge in [-0.25, -0.2) is 14.8 Å². The maximum atomic E-state index is 11.5. The second-order valence-corrected chi connectivity index (χ2v) is 6.65. The van der Waals surface area contributed by atoms with Gasteiger partial charge in [-0.15, -0.1) is 0 Å². The Bertz CT molecular complexity index is 1430. The van der Waals surface area contributed by atoms with Gasteiger partial charge < -0.3 is 24.8 Å². The zero-order valence-electron chi connectivity index (χ0n) is 16.3. The van der Waals surface area contributed by atoms with E-state index >= 15 is 0 Å². The van der Waals surface area contributed by atoms with Gasteiger partial charge in [0, 0.05) is 29.7 Å². The van der Waals surface area contributed by atoms with Gasteiger partial charge >= 0.3 is 5.69 Å². The lowest BCUT2D eigenvalue weighted by molar-refractivity contribution is 0.355. The molecule has 158 valence electrons. The minimum Gasteiger partial charge on any atom is -0.493 e. The quantitative estimate of drug-likeness (QED) is 0.399. The van der Waals surface area contributed by atoms with Gasteiger partial charge in [0.2, 0.25) is 5.95 Å². The van der Waals surface area contributed by atoms with Gasteiger partial charge in [-0.3, -0.25) is 4.40 Å². The average Bonchev–Trinajstić information content (AvgIpc) is 3.38. The monoisotopic (exact) mass is 418 g/mol. The standard InChI is InChI=1S/C21H18N6O3.CH4/c1-29-17-6-3-12(9-18(17)30-2)15-11-19-22-7-8-27(19)20(24-15)23-13-4-5-14-16(10-13)26-21(28)25-14;/h3-11H,1-2H3,(H,23,24)(H2,25,26,28);1H4. The van der Waals surface area contributed by atoms with E-state index in [-0.39, 0.29) is 13.1 Å². The summed E-state index contributed by atoms with van der Waals surface area (Å²) >= 11 is 0. The number of imidazole rings is 2. The summed E-state index contributed by atoms with van der Waals surface area (Å²) < 4.78 is 12.6. The van der Waals surface area contributed by atoms with E-state index in [9.17, 15) is 4.79 Å². The number of rotatable bonds is 5. The van der Waals surface area contributed by atoms with E-state index in [4.69, 9.17) is 14.5 Å². The number of methoxy groups -OCH3 is 2. The minimum atomic E-state index is -0.243. The fourth-order valence-corrected chi connectivity index (χ4v) is 3.39. The van der Waals surface area contributed by atoms with Crippen molar-refractivity contribution < 1.29 is 9.47 Å². The van der Waals surface area contributed by atoms with E-state index < -0.39 is 0 Å². The number of aromatic nitrogens is 5. The van der Waals surface area contributed by atoms with Gasteiger partial charge in [0.15, 0.2) is 11.5 Å². The summed E-state index contributed by atoms with van der Waals surface area (Å²) in [5.41, 5.74) is 4.33. The Balaban J connectivity index is 0.00000231. The van der Waals surface area contributed by atoms with Crippen molar-refractivity contribution in [1.29, 1.82) is 0 Å². The Labute approximate surface area is 177 Å². The first-order chi connectivity index (χ1) is 14.6. The van der Waals surface area contributed by atoms with Gasteiger partial charge in [0.25, 0.3) is 0 Å². The highest BCUT2D eigenvalue weighted by atomic mass is 16.5. The van der Waals surface area contributed by atoms with Crippen LogP contribution in [0.25, 0.3) is 27.9 Å². The molecule has 0 amide bonds. The van der Waals surface area contributed by atoms with Crippen molar-refractivity contribution in [3.05, 3.63) is 65.3 Å². The number of benzene rings is 2. The summed E-state index contributed by atoms with van der Waals surface area (Å²) in [5.74, 6) is 1.86. The van der Waals surface area contributed by atoms with Crippen molar-refractivity contribution in [3.8, 4) is 22.8 Å². The van der Waals surface area contributed by atoms with Gasteiger partial charge in [-0.1, -0.05) is 7.43 Å². The van der Waals surface area contributed by atoms with Gasteiger partial charge in [-0.05, 0) is 36.4 Å². The zero-order chi connectivity index (χ0) is 20.7. The van der Waals surface area contributed by atoms with Crippen molar-refractivity contribution in [1.82, 2.24) is 24.3 Å². The van der Waals surface area contributed by atoms with E-state index in [2.05, 4.69) is 20.3 Å². The van der Waals surface area contributed by atoms with Crippen LogP contribution in [0.5, 0.6) is 11.5 Å². The topological polar surface area (TPSA) is 109 Å². The third-order valence-electron chi connectivity index (χ3n) is 4.84. The molecule has 0 atom stereocenters. The molecule has 0 saturated heterocycles. The van der Waals surface area contributed by atoms with Crippen molar-refractivity contribution in [2.24, 2.45) is 0 Å². The number of hydrogen-bond donors (Lipinski definition) is 3. The Hall–Kier alpha value is -4.27. The van der Waals surface area contributed by atoms with Crippen LogP contribution >= 0.6 is 0 Å². The number of nitrogens with zero attached hydrogens (tertiary/aromatic N) is 3. The molecule has 2 aromatic carbocycles. The Morgan fingerprint density at radius 1 is 0.968 bits per heavy atom. The van der Waals surface area contributed by atoms with Crippen LogP contribution in [0.1, 0.15) is 7.43 Å². The lowest BCUT2D eigenvalue weighted by Crippen LogP contribution is -2.02. The largest absolute Gasteiger partial charge is 0.493 e. The summed E-state index contributed by atoms with van der Waals surface area (Å²) in [7, 11) is 3.20. The van der Waals surface area contributed by atoms with Crippen LogP contribution in [0.2, 0.25) is 0 Å². The van der Waals surface area contributed by atoms with E-state index in [0.29, 0.717) is 23.0 Å². The molecule has 0 fully saturated rings. The first-order valence-corrected chi connectivity index (χ1v) is 9.20. The van der Waals surface area contributed by atoms with E-state index in [1.54, 1.807) is 20.4 Å². The van der Waals surface area contributed by atoms with E-state index in [1.807, 2.05) is 53.1 Å². The van der Waals surface area contributed by atoms with Gasteiger partial charge in [-0.2, -0.15) is 0 Å². The molecule has 0 spiro atoms. The number of ether oxygens (including phenoxy) is 2. The summed E-state index contributed by atoms with van der Waals surface area (Å²) in [4.78, 5) is 26.2. The lowest BCUT2D eigenvalue weighted by Gasteiger charge is -2.12. The second kappa shape index (κ2) is 7.86. The molecule has 0 aliphatic rings. The highest BCUT2D eigenvalue weighted by molar-refractivity contribution is 5.80. The summed E-state index contributed by atoms with van der Waals surface area (Å²) in [6.07, 6.45) is 3.55. The zero-order valence-corrected chi connectivity index (χ0v) is 16.3. The molecule has 0 aliphatic heterocycles. The number of hydrogen-bond acceptors (Lipinski definition) is 6. The third kappa shape index (κ3) is 3.57. The summed E-state index contributed by atoms with van der Waals surface area (Å²) in [6, 6.07) is 13.1. The van der Waals surface area contributed by atoms with Gasteiger partial charge in [0.1, 0.15) is 5.65 Å². The molecule has 0 saturated carbocycles. The molecular formula is C22H22N6O3. The van der Waals surface area contributed by atoms with Crippen LogP contribution in [0.15, 0.2) is 59.7 Å². The van der Waals surface area contributed by atoms with Crippen LogP contribution in [0.3, 0.4) is 0 Å². The predicted octanol–water partition coefficient (Wildman–Crippen LogP) is 3.96. The van der Waals surface area contributed by atoms with Crippen molar-refractivity contribution in [2.75, 3.05) is 19.5 Å². The van der Waals surface area contributed by atoms with Crippen LogP contribution < -0.4 is 20.5 Å². The molecule has 0 bridgehead atoms. The molecule has 3 heterocycles. The Morgan fingerprint density at radius 2 is 1.77 bits per heavy atom. The predicted molar refractivity (Wildman–Crippen MR) is 120 cm³/mol. The van der Waals surface area contributed by atoms with Crippen LogP contribution in [0, 0.1) is 0 Å². The van der Waals surface area contributed by atoms with Crippen LogP contribution in [-0.4, -0.2) is 38.6 Å². The first kappa shape index (κ1) is 20.0. The normalized spacial score (nSPS) is 10.8. The molecule has 9 heteroatoms. The molecule has 3 N–H and O–H groups in total. The average molecular weight is 418 g/mol. The number of aromatic amines is 2. The molecule has 3 aromatic heterocycles. The lowest BCUT2D eigenvalue weighted by atomic mass is 10.1. The Kier molecular flexibility index (Phi) is 5.08. The molecule has 9 nitrogen and oxygen atoms in total. The molecule has 0 unspecified atom stereocenters. The maximum Gasteiger partial charge on any atom is 0.323 e. The first-order valence-electron chi connectivity index (χ1n) is 9.20. The molecule has 0 radical (unpaired) electrons. The van der Waals surface area contributed by atoms with Crippen molar-refractivity contribution in [3.63, 3.8) is 0 Å². The van der Waals surface area contributed by atoms with Crippen LogP contribution in [-0.2, 0) is 0 Å². The summed E-state index contributed by atoms with van der Waals surface area (Å²) in [5, 5.41) is 3.32. The van der Waals surface area contributed by atoms with Crippen LogP contribution in [0.4, 0.5) is 11.6 Å². The molecule has 5 rings (SSSR count). The molecule has 31 heavy (non-hydrogen) atoms.